The van der Waals surface area contributed by atoms with Crippen molar-refractivity contribution >= 4 is 11.7 Å². The molecule has 2 aromatic heterocycles. The van der Waals surface area contributed by atoms with Gasteiger partial charge in [0, 0.05) is 31.7 Å². The van der Waals surface area contributed by atoms with Crippen molar-refractivity contribution in [3.63, 3.8) is 0 Å². The van der Waals surface area contributed by atoms with Gasteiger partial charge in [-0.1, -0.05) is 0 Å². The Morgan fingerprint density at radius 2 is 2.22 bits per heavy atom. The quantitative estimate of drug-likeness (QED) is 0.850. The number of hydrogen-bond acceptors (Lipinski definition) is 6. The van der Waals surface area contributed by atoms with Crippen LogP contribution in [0, 0.1) is 5.82 Å². The first-order valence-corrected chi connectivity index (χ1v) is 7.25. The zero-order valence-electron chi connectivity index (χ0n) is 12.3. The van der Waals surface area contributed by atoms with Crippen LogP contribution in [0.25, 0.3) is 0 Å². The maximum atomic E-state index is 13.8. The van der Waals surface area contributed by atoms with E-state index in [-0.39, 0.29) is 24.0 Å². The SMILES string of the molecule is O=C(N[C@@H]1CCN(c2ncccc2F)C[C@H]1O)c1cnccn1. The predicted molar refractivity (Wildman–Crippen MR) is 80.3 cm³/mol. The molecule has 1 amide bonds. The van der Waals surface area contributed by atoms with Gasteiger partial charge in [0.25, 0.3) is 5.91 Å². The van der Waals surface area contributed by atoms with Crippen molar-refractivity contribution < 1.29 is 14.3 Å². The standard InChI is InChI=1S/C15H16FN5O2/c16-10-2-1-4-19-14(10)21-7-3-11(13(22)9-21)20-15(23)12-8-17-5-6-18-12/h1-2,4-6,8,11,13,22H,3,7,9H2,(H,20,23)/t11-,13-/m1/s1. The van der Waals surface area contributed by atoms with Crippen LogP contribution in [-0.4, -0.2) is 51.2 Å². The van der Waals surface area contributed by atoms with E-state index in [1.165, 1.54) is 36.9 Å². The third-order valence-electron chi connectivity index (χ3n) is 3.73. The molecule has 7 nitrogen and oxygen atoms in total. The van der Waals surface area contributed by atoms with Crippen LogP contribution in [0.4, 0.5) is 10.2 Å². The summed E-state index contributed by atoms with van der Waals surface area (Å²) in [4.78, 5) is 25.5. The Hall–Kier alpha value is -2.61. The zero-order valence-corrected chi connectivity index (χ0v) is 12.3. The van der Waals surface area contributed by atoms with Gasteiger partial charge in [-0.3, -0.25) is 9.78 Å². The smallest absolute Gasteiger partial charge is 0.271 e. The first-order valence-electron chi connectivity index (χ1n) is 7.25. The van der Waals surface area contributed by atoms with Crippen molar-refractivity contribution in [3.8, 4) is 0 Å². The fourth-order valence-corrected chi connectivity index (χ4v) is 2.56. The molecule has 0 saturated carbocycles. The van der Waals surface area contributed by atoms with Crippen LogP contribution in [-0.2, 0) is 0 Å². The second-order valence-corrected chi connectivity index (χ2v) is 5.28. The highest BCUT2D eigenvalue weighted by Gasteiger charge is 2.30. The molecule has 0 aliphatic carbocycles. The van der Waals surface area contributed by atoms with Crippen molar-refractivity contribution in [2.24, 2.45) is 0 Å². The normalized spacial score (nSPS) is 21.0. The van der Waals surface area contributed by atoms with Crippen LogP contribution < -0.4 is 10.2 Å². The lowest BCUT2D eigenvalue weighted by Crippen LogP contribution is -2.54. The third-order valence-corrected chi connectivity index (χ3v) is 3.73. The molecule has 0 spiro atoms. The lowest BCUT2D eigenvalue weighted by Gasteiger charge is -2.36. The molecule has 2 N–H and O–H groups in total. The van der Waals surface area contributed by atoms with E-state index in [9.17, 15) is 14.3 Å². The highest BCUT2D eigenvalue weighted by molar-refractivity contribution is 5.92. The zero-order chi connectivity index (χ0) is 16.2. The molecule has 3 heterocycles. The van der Waals surface area contributed by atoms with Gasteiger partial charge in [-0.25, -0.2) is 14.4 Å². The number of anilines is 1. The van der Waals surface area contributed by atoms with Gasteiger partial charge in [-0.05, 0) is 18.6 Å². The molecule has 2 aromatic rings. The number of aliphatic hydroxyl groups excluding tert-OH is 1. The van der Waals surface area contributed by atoms with Crippen molar-refractivity contribution in [1.29, 1.82) is 0 Å². The minimum Gasteiger partial charge on any atom is -0.389 e. The van der Waals surface area contributed by atoms with Gasteiger partial charge in [0.15, 0.2) is 11.6 Å². The molecule has 0 unspecified atom stereocenters. The molecule has 2 atom stereocenters. The molecule has 8 heteroatoms. The lowest BCUT2D eigenvalue weighted by atomic mass is 10.0. The Bertz CT molecular complexity index is 685. The fraction of sp³-hybridized carbons (Fsp3) is 0.333. The number of hydrogen-bond donors (Lipinski definition) is 2. The summed E-state index contributed by atoms with van der Waals surface area (Å²) in [5.74, 6) is -0.605. The highest BCUT2D eigenvalue weighted by atomic mass is 19.1. The number of pyridine rings is 1. The molecule has 1 saturated heterocycles. The lowest BCUT2D eigenvalue weighted by molar-refractivity contribution is 0.0792. The summed E-state index contributed by atoms with van der Waals surface area (Å²) in [6, 6.07) is 2.42. The molecule has 1 aliphatic heterocycles. The minimum absolute atomic E-state index is 0.193. The van der Waals surface area contributed by atoms with Crippen molar-refractivity contribution in [1.82, 2.24) is 20.3 Å². The topological polar surface area (TPSA) is 91.2 Å². The van der Waals surface area contributed by atoms with E-state index in [1.54, 1.807) is 4.90 Å². The van der Waals surface area contributed by atoms with Gasteiger partial charge in [-0.2, -0.15) is 0 Å². The van der Waals surface area contributed by atoms with E-state index >= 15 is 0 Å². The number of rotatable bonds is 3. The first-order chi connectivity index (χ1) is 11.1. The number of amides is 1. The van der Waals surface area contributed by atoms with Crippen molar-refractivity contribution in [2.45, 2.75) is 18.6 Å². The van der Waals surface area contributed by atoms with Gasteiger partial charge in [0.2, 0.25) is 0 Å². The number of aliphatic hydroxyl groups is 1. The first kappa shape index (κ1) is 15.3. The van der Waals surface area contributed by atoms with Crippen LogP contribution in [0.5, 0.6) is 0 Å². The Morgan fingerprint density at radius 1 is 1.35 bits per heavy atom. The van der Waals surface area contributed by atoms with Crippen LogP contribution >= 0.6 is 0 Å². The van der Waals surface area contributed by atoms with Crippen molar-refractivity contribution in [3.05, 3.63) is 48.4 Å². The Labute approximate surface area is 132 Å². The minimum atomic E-state index is -0.828. The molecule has 120 valence electrons. The van der Waals surface area contributed by atoms with E-state index in [1.807, 2.05) is 0 Å². The number of β-amino-alcohol motifs (C(OH)–C–C–N with tert-alkyl or cyclic N) is 1. The summed E-state index contributed by atoms with van der Waals surface area (Å²) in [7, 11) is 0. The second kappa shape index (κ2) is 6.66. The van der Waals surface area contributed by atoms with Crippen LogP contribution in [0.15, 0.2) is 36.9 Å². The molecule has 0 aromatic carbocycles. The number of carbonyl (C=O) groups excluding carboxylic acids is 1. The second-order valence-electron chi connectivity index (χ2n) is 5.28. The van der Waals surface area contributed by atoms with Gasteiger partial charge < -0.3 is 15.3 Å². The van der Waals surface area contributed by atoms with Gasteiger partial charge in [0.1, 0.15) is 5.69 Å². The number of aromatic nitrogens is 3. The fourth-order valence-electron chi connectivity index (χ4n) is 2.56. The molecular formula is C15H16FN5O2. The monoisotopic (exact) mass is 317 g/mol. The molecule has 0 radical (unpaired) electrons. The largest absolute Gasteiger partial charge is 0.389 e. The Morgan fingerprint density at radius 3 is 2.91 bits per heavy atom. The summed E-state index contributed by atoms with van der Waals surface area (Å²) in [5, 5.41) is 13.0. The van der Waals surface area contributed by atoms with Gasteiger partial charge in [-0.15, -0.1) is 0 Å². The predicted octanol–water partition coefficient (Wildman–Crippen LogP) is 0.380. The van der Waals surface area contributed by atoms with Crippen LogP contribution in [0.2, 0.25) is 0 Å². The van der Waals surface area contributed by atoms with E-state index in [0.29, 0.717) is 13.0 Å². The number of piperidine rings is 1. The Balaban J connectivity index is 1.63. The summed E-state index contributed by atoms with van der Waals surface area (Å²) < 4.78 is 13.8. The summed E-state index contributed by atoms with van der Waals surface area (Å²) in [6.07, 6.45) is 5.42. The van der Waals surface area contributed by atoms with E-state index in [0.717, 1.165) is 0 Å². The van der Waals surface area contributed by atoms with Gasteiger partial charge >= 0.3 is 0 Å². The number of nitrogens with zero attached hydrogens (tertiary/aromatic N) is 4. The molecular weight excluding hydrogens is 301 g/mol. The third kappa shape index (κ3) is 3.42. The maximum absolute atomic E-state index is 13.8. The van der Waals surface area contributed by atoms with Crippen molar-refractivity contribution in [2.75, 3.05) is 18.0 Å². The number of halogens is 1. The average Bonchev–Trinajstić information content (AvgIpc) is 2.58. The number of nitrogens with one attached hydrogen (secondary N) is 1. The summed E-state index contributed by atoms with van der Waals surface area (Å²) in [5.41, 5.74) is 0.193. The average molecular weight is 317 g/mol. The van der Waals surface area contributed by atoms with Crippen LogP contribution in [0.3, 0.4) is 0 Å². The molecule has 3 rings (SSSR count). The molecule has 23 heavy (non-hydrogen) atoms. The van der Waals surface area contributed by atoms with Gasteiger partial charge in [0.05, 0.1) is 18.3 Å². The van der Waals surface area contributed by atoms with Crippen LogP contribution in [0.1, 0.15) is 16.9 Å². The summed E-state index contributed by atoms with van der Waals surface area (Å²) in [6.45, 7) is 0.676. The van der Waals surface area contributed by atoms with E-state index in [4.69, 9.17) is 0 Å². The Kier molecular flexibility index (Phi) is 4.42. The highest BCUT2D eigenvalue weighted by Crippen LogP contribution is 2.21. The molecule has 0 bridgehead atoms. The van der Waals surface area contributed by atoms with E-state index in [2.05, 4.69) is 20.3 Å². The maximum Gasteiger partial charge on any atom is 0.271 e. The summed E-state index contributed by atoms with van der Waals surface area (Å²) >= 11 is 0. The number of carbonyl (C=O) groups is 1. The molecule has 1 fully saturated rings. The molecule has 1 aliphatic rings. The van der Waals surface area contributed by atoms with E-state index < -0.39 is 18.0 Å².